The molecule has 1 saturated heterocycles. The summed E-state index contributed by atoms with van der Waals surface area (Å²) in [5.74, 6) is 0.847. The lowest BCUT2D eigenvalue weighted by atomic mass is 9.97. The average Bonchev–Trinajstić information content (AvgIpc) is 3.09. The number of carbonyl (C=O) groups is 2. The molecule has 1 fully saturated rings. The molecule has 0 bridgehead atoms. The SMILES string of the molecule is CNC(CCNC(=O)c1cnc(C2CCN(C(C)=O)CC2)o1)NC. The number of hydrogen-bond acceptors (Lipinski definition) is 6. The van der Waals surface area contributed by atoms with Gasteiger partial charge in [0.25, 0.3) is 5.91 Å². The number of hydrogen-bond donors (Lipinski definition) is 3. The Balaban J connectivity index is 1.82. The monoisotopic (exact) mass is 337 g/mol. The van der Waals surface area contributed by atoms with Crippen LogP contribution in [-0.4, -0.2) is 61.6 Å². The standard InChI is InChI=1S/C16H27N5O3/c1-11(22)21-8-5-12(6-9-21)16-20-10-13(24-16)15(23)19-7-4-14(17-2)18-3/h10,12,14,17-18H,4-9H2,1-3H3,(H,19,23). The smallest absolute Gasteiger partial charge is 0.288 e. The maximum Gasteiger partial charge on any atom is 0.288 e. The van der Waals surface area contributed by atoms with Crippen molar-refractivity contribution in [2.24, 2.45) is 0 Å². The third-order valence-electron chi connectivity index (χ3n) is 4.45. The van der Waals surface area contributed by atoms with Crippen LogP contribution >= 0.6 is 0 Å². The molecule has 1 aromatic heterocycles. The van der Waals surface area contributed by atoms with Crippen LogP contribution < -0.4 is 16.0 Å². The summed E-state index contributed by atoms with van der Waals surface area (Å²) in [6.07, 6.45) is 4.03. The van der Waals surface area contributed by atoms with Gasteiger partial charge in [0.05, 0.1) is 12.4 Å². The van der Waals surface area contributed by atoms with Crippen molar-refractivity contribution in [2.45, 2.75) is 38.3 Å². The van der Waals surface area contributed by atoms with Crippen molar-refractivity contribution >= 4 is 11.8 Å². The summed E-state index contributed by atoms with van der Waals surface area (Å²) in [5, 5.41) is 9.03. The summed E-state index contributed by atoms with van der Waals surface area (Å²) in [6, 6.07) is 0. The van der Waals surface area contributed by atoms with Crippen molar-refractivity contribution in [3.63, 3.8) is 0 Å². The summed E-state index contributed by atoms with van der Waals surface area (Å²) in [6.45, 7) is 3.54. The Hall–Kier alpha value is -1.93. The van der Waals surface area contributed by atoms with E-state index in [9.17, 15) is 9.59 Å². The van der Waals surface area contributed by atoms with Crippen LogP contribution in [0.4, 0.5) is 0 Å². The number of aromatic nitrogens is 1. The number of amides is 2. The minimum absolute atomic E-state index is 0.0994. The summed E-state index contributed by atoms with van der Waals surface area (Å²) < 4.78 is 5.63. The predicted octanol–water partition coefficient (Wildman–Crippen LogP) is 0.285. The Kier molecular flexibility index (Phi) is 6.74. The molecule has 8 nitrogen and oxygen atoms in total. The molecule has 0 atom stereocenters. The Morgan fingerprint density at radius 1 is 1.33 bits per heavy atom. The molecule has 1 aliphatic heterocycles. The Morgan fingerprint density at radius 2 is 2.00 bits per heavy atom. The molecule has 2 heterocycles. The van der Waals surface area contributed by atoms with Gasteiger partial charge in [-0.3, -0.25) is 9.59 Å². The quantitative estimate of drug-likeness (QED) is 0.618. The highest BCUT2D eigenvalue weighted by molar-refractivity contribution is 5.91. The number of rotatable bonds is 7. The van der Waals surface area contributed by atoms with E-state index in [1.165, 1.54) is 6.20 Å². The summed E-state index contributed by atoms with van der Waals surface area (Å²) >= 11 is 0. The molecule has 1 aromatic rings. The molecule has 0 saturated carbocycles. The first-order chi connectivity index (χ1) is 11.5. The van der Waals surface area contributed by atoms with Gasteiger partial charge < -0.3 is 25.3 Å². The van der Waals surface area contributed by atoms with E-state index < -0.39 is 0 Å². The van der Waals surface area contributed by atoms with E-state index in [1.807, 2.05) is 19.0 Å². The second kappa shape index (κ2) is 8.79. The zero-order chi connectivity index (χ0) is 17.5. The number of piperidine rings is 1. The van der Waals surface area contributed by atoms with Crippen molar-refractivity contribution in [3.8, 4) is 0 Å². The van der Waals surface area contributed by atoms with E-state index in [0.717, 1.165) is 19.3 Å². The van der Waals surface area contributed by atoms with Gasteiger partial charge in [0.15, 0.2) is 5.89 Å². The first-order valence-electron chi connectivity index (χ1n) is 8.39. The van der Waals surface area contributed by atoms with E-state index in [0.29, 0.717) is 25.5 Å². The molecule has 0 aromatic carbocycles. The van der Waals surface area contributed by atoms with Gasteiger partial charge in [-0.2, -0.15) is 0 Å². The molecule has 134 valence electrons. The van der Waals surface area contributed by atoms with Crippen LogP contribution in [0.5, 0.6) is 0 Å². The van der Waals surface area contributed by atoms with Gasteiger partial charge in [-0.1, -0.05) is 0 Å². The molecule has 0 radical (unpaired) electrons. The van der Waals surface area contributed by atoms with Crippen LogP contribution in [0, 0.1) is 0 Å². The maximum atomic E-state index is 12.1. The number of oxazole rings is 1. The van der Waals surface area contributed by atoms with E-state index in [-0.39, 0.29) is 29.7 Å². The maximum absolute atomic E-state index is 12.1. The van der Waals surface area contributed by atoms with Gasteiger partial charge in [-0.15, -0.1) is 0 Å². The molecule has 1 aliphatic rings. The third kappa shape index (κ3) is 4.78. The fourth-order valence-corrected chi connectivity index (χ4v) is 2.87. The van der Waals surface area contributed by atoms with Gasteiger partial charge in [-0.05, 0) is 33.4 Å². The molecule has 0 aliphatic carbocycles. The highest BCUT2D eigenvalue weighted by Crippen LogP contribution is 2.27. The Labute approximate surface area is 142 Å². The lowest BCUT2D eigenvalue weighted by molar-refractivity contribution is -0.129. The second-order valence-corrected chi connectivity index (χ2v) is 6.02. The highest BCUT2D eigenvalue weighted by atomic mass is 16.4. The Morgan fingerprint density at radius 3 is 2.58 bits per heavy atom. The highest BCUT2D eigenvalue weighted by Gasteiger charge is 2.26. The largest absolute Gasteiger partial charge is 0.435 e. The van der Waals surface area contributed by atoms with Crippen LogP contribution in [0.1, 0.15) is 48.5 Å². The van der Waals surface area contributed by atoms with Gasteiger partial charge in [-0.25, -0.2) is 4.98 Å². The van der Waals surface area contributed by atoms with Crippen LogP contribution in [-0.2, 0) is 4.79 Å². The van der Waals surface area contributed by atoms with Crippen molar-refractivity contribution < 1.29 is 14.0 Å². The molecule has 0 unspecified atom stereocenters. The zero-order valence-corrected chi connectivity index (χ0v) is 14.6. The lowest BCUT2D eigenvalue weighted by Gasteiger charge is -2.29. The first-order valence-corrected chi connectivity index (χ1v) is 8.39. The molecular weight excluding hydrogens is 310 g/mol. The molecule has 2 rings (SSSR count). The average molecular weight is 337 g/mol. The van der Waals surface area contributed by atoms with Crippen LogP contribution in [0.3, 0.4) is 0 Å². The molecule has 0 spiro atoms. The first kappa shape index (κ1) is 18.4. The van der Waals surface area contributed by atoms with E-state index in [1.54, 1.807) is 6.92 Å². The number of likely N-dealkylation sites (tertiary alicyclic amines) is 1. The Bertz CT molecular complexity index is 548. The van der Waals surface area contributed by atoms with Crippen LogP contribution in [0.25, 0.3) is 0 Å². The van der Waals surface area contributed by atoms with Crippen molar-refractivity contribution in [3.05, 3.63) is 17.8 Å². The topological polar surface area (TPSA) is 99.5 Å². The fourth-order valence-electron chi connectivity index (χ4n) is 2.87. The van der Waals surface area contributed by atoms with E-state index in [2.05, 4.69) is 20.9 Å². The number of nitrogens with zero attached hydrogens (tertiary/aromatic N) is 2. The second-order valence-electron chi connectivity index (χ2n) is 6.02. The minimum atomic E-state index is -0.249. The fraction of sp³-hybridized carbons (Fsp3) is 0.688. The van der Waals surface area contributed by atoms with Gasteiger partial charge >= 0.3 is 0 Å². The van der Waals surface area contributed by atoms with E-state index >= 15 is 0 Å². The van der Waals surface area contributed by atoms with Crippen molar-refractivity contribution in [1.29, 1.82) is 0 Å². The zero-order valence-electron chi connectivity index (χ0n) is 14.6. The van der Waals surface area contributed by atoms with Crippen LogP contribution in [0.2, 0.25) is 0 Å². The minimum Gasteiger partial charge on any atom is -0.435 e. The number of carbonyl (C=O) groups excluding carboxylic acids is 2. The molecule has 24 heavy (non-hydrogen) atoms. The molecular formula is C16H27N5O3. The van der Waals surface area contributed by atoms with Crippen molar-refractivity contribution in [2.75, 3.05) is 33.7 Å². The van der Waals surface area contributed by atoms with Crippen LogP contribution in [0.15, 0.2) is 10.6 Å². The van der Waals surface area contributed by atoms with E-state index in [4.69, 9.17) is 4.42 Å². The van der Waals surface area contributed by atoms with Gasteiger partial charge in [0.2, 0.25) is 11.7 Å². The summed E-state index contributed by atoms with van der Waals surface area (Å²) in [5.41, 5.74) is 0. The molecule has 8 heteroatoms. The normalized spacial score (nSPS) is 15.8. The van der Waals surface area contributed by atoms with Crippen molar-refractivity contribution in [1.82, 2.24) is 25.8 Å². The number of nitrogens with one attached hydrogen (secondary N) is 3. The summed E-state index contributed by atoms with van der Waals surface area (Å²) in [7, 11) is 3.73. The van der Waals surface area contributed by atoms with Gasteiger partial charge in [0, 0.05) is 32.5 Å². The lowest BCUT2D eigenvalue weighted by Crippen LogP contribution is -2.40. The summed E-state index contributed by atoms with van der Waals surface area (Å²) in [4.78, 5) is 29.5. The predicted molar refractivity (Wildman–Crippen MR) is 89.6 cm³/mol. The molecule has 3 N–H and O–H groups in total. The third-order valence-corrected chi connectivity index (χ3v) is 4.45. The molecule has 2 amide bonds. The van der Waals surface area contributed by atoms with Gasteiger partial charge in [0.1, 0.15) is 0 Å².